The van der Waals surface area contributed by atoms with Gasteiger partial charge in [-0.15, -0.1) is 0 Å². The van der Waals surface area contributed by atoms with Crippen molar-refractivity contribution < 1.29 is 9.47 Å². The molecule has 2 aromatic heterocycles. The van der Waals surface area contributed by atoms with Gasteiger partial charge in [-0.25, -0.2) is 9.97 Å². The molecule has 1 aliphatic rings. The number of fused-ring (bicyclic) bond motifs is 1. The number of methoxy groups -OCH3 is 1. The van der Waals surface area contributed by atoms with Crippen molar-refractivity contribution >= 4 is 17.3 Å². The van der Waals surface area contributed by atoms with Crippen molar-refractivity contribution in [2.75, 3.05) is 50.2 Å². The molecule has 0 bridgehead atoms. The lowest BCUT2D eigenvalue weighted by Crippen LogP contribution is -2.37. The summed E-state index contributed by atoms with van der Waals surface area (Å²) in [6, 6.07) is 16.8. The fraction of sp³-hybridized carbons (Fsp3) is 0.308. The van der Waals surface area contributed by atoms with Crippen LogP contribution < -0.4 is 15.0 Å². The lowest BCUT2D eigenvalue weighted by atomic mass is 10.0. The molecule has 0 spiro atoms. The van der Waals surface area contributed by atoms with Crippen LogP contribution in [0.1, 0.15) is 11.3 Å². The van der Waals surface area contributed by atoms with E-state index in [0.29, 0.717) is 0 Å². The van der Waals surface area contributed by atoms with Gasteiger partial charge in [-0.3, -0.25) is 4.40 Å². The van der Waals surface area contributed by atoms with Crippen LogP contribution in [0.5, 0.6) is 5.75 Å². The Bertz CT molecular complexity index is 1230. The van der Waals surface area contributed by atoms with Crippen LogP contribution in [-0.4, -0.2) is 54.3 Å². The Morgan fingerprint density at radius 3 is 2.70 bits per heavy atom. The Morgan fingerprint density at radius 1 is 1.09 bits per heavy atom. The van der Waals surface area contributed by atoms with Crippen molar-refractivity contribution in [1.29, 1.82) is 0 Å². The van der Waals surface area contributed by atoms with E-state index in [-0.39, 0.29) is 0 Å². The zero-order valence-electron chi connectivity index (χ0n) is 19.1. The number of rotatable bonds is 7. The quantitative estimate of drug-likeness (QED) is 0.462. The number of aryl methyl sites for hydroxylation is 1. The number of morpholine rings is 1. The zero-order chi connectivity index (χ0) is 22.6. The second-order valence-electron chi connectivity index (χ2n) is 8.17. The maximum atomic E-state index is 5.60. The largest absolute Gasteiger partial charge is 0.496 e. The van der Waals surface area contributed by atoms with Gasteiger partial charge in [0.25, 0.3) is 0 Å². The smallest absolute Gasteiger partial charge is 0.182 e. The van der Waals surface area contributed by atoms with Crippen molar-refractivity contribution in [3.8, 4) is 16.9 Å². The van der Waals surface area contributed by atoms with Gasteiger partial charge in [0.05, 0.1) is 26.0 Å². The van der Waals surface area contributed by atoms with Crippen LogP contribution in [0.15, 0.2) is 60.9 Å². The standard InChI is InChI=1S/C26H29N5O2/c1-19-24(31-13-12-28-25(26(31)29-19)30-14-16-33-17-15-30)27-11-10-20-8-9-23(32-2)22(18-20)21-6-4-3-5-7-21/h3-9,12-13,18,27H,10-11,14-17H2,1-2H3. The molecule has 0 saturated carbocycles. The fourth-order valence-electron chi connectivity index (χ4n) is 4.37. The van der Waals surface area contributed by atoms with E-state index >= 15 is 0 Å². The summed E-state index contributed by atoms with van der Waals surface area (Å²) in [6.45, 7) is 5.95. The average molecular weight is 444 g/mol. The maximum Gasteiger partial charge on any atom is 0.182 e. The number of nitrogens with zero attached hydrogens (tertiary/aromatic N) is 4. The van der Waals surface area contributed by atoms with Crippen molar-refractivity contribution in [1.82, 2.24) is 14.4 Å². The summed E-state index contributed by atoms with van der Waals surface area (Å²) in [6.07, 6.45) is 4.71. The molecule has 0 amide bonds. The lowest BCUT2D eigenvalue weighted by molar-refractivity contribution is 0.122. The first-order chi connectivity index (χ1) is 16.2. The predicted octanol–water partition coefficient (Wildman–Crippen LogP) is 4.20. The van der Waals surface area contributed by atoms with Crippen LogP contribution in [0.4, 0.5) is 11.6 Å². The number of imidazole rings is 1. The summed E-state index contributed by atoms with van der Waals surface area (Å²) >= 11 is 0. The molecule has 1 saturated heterocycles. The van der Waals surface area contributed by atoms with Gasteiger partial charge in [-0.1, -0.05) is 36.4 Å². The van der Waals surface area contributed by atoms with Crippen molar-refractivity contribution in [2.45, 2.75) is 13.3 Å². The normalized spacial score (nSPS) is 13.9. The van der Waals surface area contributed by atoms with Gasteiger partial charge in [0.15, 0.2) is 11.5 Å². The second kappa shape index (κ2) is 9.50. The van der Waals surface area contributed by atoms with E-state index in [2.05, 4.69) is 62.1 Å². The molecule has 0 radical (unpaired) electrons. The van der Waals surface area contributed by atoms with Gasteiger partial charge in [-0.2, -0.15) is 0 Å². The third-order valence-corrected chi connectivity index (χ3v) is 6.06. The molecule has 1 aliphatic heterocycles. The molecule has 4 aromatic rings. The molecule has 0 unspecified atom stereocenters. The number of anilines is 2. The van der Waals surface area contributed by atoms with E-state index < -0.39 is 0 Å². The third-order valence-electron chi connectivity index (χ3n) is 6.06. The summed E-state index contributed by atoms with van der Waals surface area (Å²) in [4.78, 5) is 11.7. The van der Waals surface area contributed by atoms with Crippen LogP contribution in [0, 0.1) is 6.92 Å². The van der Waals surface area contributed by atoms with Gasteiger partial charge in [0.1, 0.15) is 11.6 Å². The molecular weight excluding hydrogens is 414 g/mol. The Labute approximate surface area is 194 Å². The highest BCUT2D eigenvalue weighted by Crippen LogP contribution is 2.31. The van der Waals surface area contributed by atoms with Gasteiger partial charge in [-0.05, 0) is 36.6 Å². The third kappa shape index (κ3) is 4.36. The minimum Gasteiger partial charge on any atom is -0.496 e. The Hall–Kier alpha value is -3.58. The molecule has 7 nitrogen and oxygen atoms in total. The van der Waals surface area contributed by atoms with E-state index in [9.17, 15) is 0 Å². The molecule has 7 heteroatoms. The van der Waals surface area contributed by atoms with Crippen molar-refractivity contribution in [3.63, 3.8) is 0 Å². The van der Waals surface area contributed by atoms with E-state index in [1.807, 2.05) is 25.4 Å². The van der Waals surface area contributed by atoms with Gasteiger partial charge < -0.3 is 19.7 Å². The first-order valence-electron chi connectivity index (χ1n) is 11.4. The van der Waals surface area contributed by atoms with Gasteiger partial charge in [0.2, 0.25) is 0 Å². The number of nitrogens with one attached hydrogen (secondary N) is 1. The Balaban J connectivity index is 1.34. The van der Waals surface area contributed by atoms with E-state index in [4.69, 9.17) is 14.5 Å². The molecule has 170 valence electrons. The number of hydrogen-bond acceptors (Lipinski definition) is 6. The molecular formula is C26H29N5O2. The van der Waals surface area contributed by atoms with Gasteiger partial charge in [0, 0.05) is 37.6 Å². The molecule has 0 atom stereocenters. The zero-order valence-corrected chi connectivity index (χ0v) is 19.1. The number of benzene rings is 2. The van der Waals surface area contributed by atoms with E-state index in [1.165, 1.54) is 5.56 Å². The lowest BCUT2D eigenvalue weighted by Gasteiger charge is -2.27. The van der Waals surface area contributed by atoms with Crippen LogP contribution >= 0.6 is 0 Å². The van der Waals surface area contributed by atoms with Crippen LogP contribution in [0.2, 0.25) is 0 Å². The summed E-state index contributed by atoms with van der Waals surface area (Å²) in [5.41, 5.74) is 5.38. The summed E-state index contributed by atoms with van der Waals surface area (Å²) < 4.78 is 13.2. The monoisotopic (exact) mass is 443 g/mol. The molecule has 33 heavy (non-hydrogen) atoms. The molecule has 0 aliphatic carbocycles. The van der Waals surface area contributed by atoms with Gasteiger partial charge >= 0.3 is 0 Å². The minimum atomic E-state index is 0.723. The highest BCUT2D eigenvalue weighted by atomic mass is 16.5. The van der Waals surface area contributed by atoms with Crippen LogP contribution in [0.3, 0.4) is 0 Å². The number of ether oxygens (including phenoxy) is 2. The Kier molecular flexibility index (Phi) is 6.13. The SMILES string of the molecule is COc1ccc(CCNc2c(C)nc3c(N4CCOCC4)nccn23)cc1-c1ccccc1. The number of hydrogen-bond donors (Lipinski definition) is 1. The maximum absolute atomic E-state index is 5.60. The topological polar surface area (TPSA) is 63.9 Å². The highest BCUT2D eigenvalue weighted by molar-refractivity contribution is 5.71. The molecule has 1 N–H and O–H groups in total. The second-order valence-corrected chi connectivity index (χ2v) is 8.17. The van der Waals surface area contributed by atoms with Crippen LogP contribution in [-0.2, 0) is 11.2 Å². The fourth-order valence-corrected chi connectivity index (χ4v) is 4.37. The first kappa shape index (κ1) is 21.3. The number of aromatic nitrogens is 3. The summed E-state index contributed by atoms with van der Waals surface area (Å²) in [7, 11) is 1.72. The predicted molar refractivity (Wildman–Crippen MR) is 131 cm³/mol. The van der Waals surface area contributed by atoms with Crippen molar-refractivity contribution in [2.24, 2.45) is 0 Å². The van der Waals surface area contributed by atoms with E-state index in [1.54, 1.807) is 7.11 Å². The highest BCUT2D eigenvalue weighted by Gasteiger charge is 2.19. The van der Waals surface area contributed by atoms with Crippen molar-refractivity contribution in [3.05, 3.63) is 72.2 Å². The van der Waals surface area contributed by atoms with Crippen LogP contribution in [0.25, 0.3) is 16.8 Å². The summed E-state index contributed by atoms with van der Waals surface area (Å²) in [5, 5.41) is 3.60. The summed E-state index contributed by atoms with van der Waals surface area (Å²) in [5.74, 6) is 2.82. The molecule has 5 rings (SSSR count). The molecule has 2 aromatic carbocycles. The van der Waals surface area contributed by atoms with E-state index in [0.717, 1.165) is 79.1 Å². The Morgan fingerprint density at radius 2 is 1.91 bits per heavy atom. The molecule has 1 fully saturated rings. The molecule has 3 heterocycles. The minimum absolute atomic E-state index is 0.723. The average Bonchev–Trinajstić information content (AvgIpc) is 3.20. The first-order valence-corrected chi connectivity index (χ1v) is 11.4.